The number of nitrogens with zero attached hydrogens (tertiary/aromatic N) is 2. The Morgan fingerprint density at radius 3 is 2.47 bits per heavy atom. The van der Waals surface area contributed by atoms with E-state index in [0.29, 0.717) is 47.6 Å². The summed E-state index contributed by atoms with van der Waals surface area (Å²) >= 11 is 0. The molecule has 1 aliphatic heterocycles. The van der Waals surface area contributed by atoms with Gasteiger partial charge >= 0.3 is 6.09 Å². The predicted octanol–water partition coefficient (Wildman–Crippen LogP) is 6.85. The van der Waals surface area contributed by atoms with Crippen molar-refractivity contribution >= 4 is 17.5 Å². The molecule has 8 nitrogen and oxygen atoms in total. The van der Waals surface area contributed by atoms with Crippen molar-refractivity contribution in [2.75, 3.05) is 12.3 Å². The zero-order valence-electron chi connectivity index (χ0n) is 20.4. The molecule has 1 aliphatic rings. The number of nitro benzene ring substituents is 1. The van der Waals surface area contributed by atoms with E-state index in [1.54, 1.807) is 68.1 Å². The number of nitrogen functional groups attached to an aromatic ring is 1. The maximum absolute atomic E-state index is 14.2. The molecule has 4 rings (SSSR count). The van der Waals surface area contributed by atoms with Gasteiger partial charge in [-0.2, -0.15) is 0 Å². The molecule has 0 aromatic heterocycles. The molecule has 1 unspecified atom stereocenters. The van der Waals surface area contributed by atoms with Gasteiger partial charge in [-0.15, -0.1) is 0 Å². The van der Waals surface area contributed by atoms with E-state index in [4.69, 9.17) is 15.2 Å². The van der Waals surface area contributed by atoms with Crippen LogP contribution in [0, 0.1) is 15.9 Å². The first kappa shape index (κ1) is 25.0. The van der Waals surface area contributed by atoms with E-state index in [1.165, 1.54) is 18.2 Å². The first-order valence-electron chi connectivity index (χ1n) is 11.6. The standard InChI is InChI=1S/C27H28FN3O5/c1-27(2,3)36-26(32)30-14-6-9-23(30)20-15-24(31(33)34)22(29)16-25(20)35-18-12-10-17(11-13-18)19-7-4-5-8-21(19)28/h4-5,7-8,10-13,15-16,23H,6,9,14,29H2,1-3H3. The maximum Gasteiger partial charge on any atom is 0.410 e. The number of nitrogens with two attached hydrogens (primary N) is 1. The van der Waals surface area contributed by atoms with Gasteiger partial charge < -0.3 is 20.1 Å². The smallest absolute Gasteiger partial charge is 0.410 e. The Morgan fingerprint density at radius 1 is 1.14 bits per heavy atom. The third-order valence-electron chi connectivity index (χ3n) is 5.86. The van der Waals surface area contributed by atoms with E-state index in [1.807, 2.05) is 0 Å². The number of halogens is 1. The highest BCUT2D eigenvalue weighted by atomic mass is 19.1. The van der Waals surface area contributed by atoms with Crippen molar-refractivity contribution < 1.29 is 23.6 Å². The van der Waals surface area contributed by atoms with Crippen LogP contribution in [0.25, 0.3) is 11.1 Å². The van der Waals surface area contributed by atoms with Gasteiger partial charge in [-0.3, -0.25) is 10.1 Å². The summed E-state index contributed by atoms with van der Waals surface area (Å²) in [5, 5.41) is 11.6. The Bertz CT molecular complexity index is 1290. The molecule has 1 amide bonds. The number of hydrogen-bond donors (Lipinski definition) is 1. The molecule has 0 aliphatic carbocycles. The SMILES string of the molecule is CC(C)(C)OC(=O)N1CCCC1c1cc([N+](=O)[O-])c(N)cc1Oc1ccc(-c2ccccc2F)cc1. The average molecular weight is 494 g/mol. The Labute approximate surface area is 208 Å². The van der Waals surface area contributed by atoms with Crippen LogP contribution in [-0.4, -0.2) is 28.1 Å². The Hall–Kier alpha value is -4.14. The summed E-state index contributed by atoms with van der Waals surface area (Å²) in [4.78, 5) is 25.5. The van der Waals surface area contributed by atoms with Crippen molar-refractivity contribution in [2.24, 2.45) is 0 Å². The highest BCUT2D eigenvalue weighted by Crippen LogP contribution is 2.43. The number of rotatable bonds is 5. The lowest BCUT2D eigenvalue weighted by molar-refractivity contribution is -0.384. The molecule has 1 atom stereocenters. The average Bonchev–Trinajstić information content (AvgIpc) is 3.29. The van der Waals surface area contributed by atoms with Crippen molar-refractivity contribution in [3.05, 3.63) is 82.2 Å². The normalized spacial score (nSPS) is 15.6. The Balaban J connectivity index is 1.68. The second-order valence-electron chi connectivity index (χ2n) is 9.64. The quantitative estimate of drug-likeness (QED) is 0.237. The van der Waals surface area contributed by atoms with Gasteiger partial charge in [-0.25, -0.2) is 9.18 Å². The fourth-order valence-electron chi connectivity index (χ4n) is 4.26. The second kappa shape index (κ2) is 9.85. The first-order valence-corrected chi connectivity index (χ1v) is 11.6. The van der Waals surface area contributed by atoms with Crippen LogP contribution in [0.5, 0.6) is 11.5 Å². The topological polar surface area (TPSA) is 108 Å². The van der Waals surface area contributed by atoms with Gasteiger partial charge in [-0.05, 0) is 57.4 Å². The lowest BCUT2D eigenvalue weighted by Crippen LogP contribution is -2.36. The van der Waals surface area contributed by atoms with Gasteiger partial charge in [0.2, 0.25) is 0 Å². The van der Waals surface area contributed by atoms with E-state index >= 15 is 0 Å². The van der Waals surface area contributed by atoms with Gasteiger partial charge in [-0.1, -0.05) is 30.3 Å². The zero-order chi connectivity index (χ0) is 26.0. The summed E-state index contributed by atoms with van der Waals surface area (Å²) in [5.74, 6) is 0.406. The summed E-state index contributed by atoms with van der Waals surface area (Å²) in [6.07, 6.45) is 0.798. The minimum Gasteiger partial charge on any atom is -0.457 e. The maximum atomic E-state index is 14.2. The molecule has 2 N–H and O–H groups in total. The molecule has 1 heterocycles. The molecule has 1 fully saturated rings. The van der Waals surface area contributed by atoms with Crippen LogP contribution in [0.1, 0.15) is 45.2 Å². The van der Waals surface area contributed by atoms with E-state index < -0.39 is 22.7 Å². The van der Waals surface area contributed by atoms with Crippen molar-refractivity contribution in [3.8, 4) is 22.6 Å². The molecule has 1 saturated heterocycles. The monoisotopic (exact) mass is 493 g/mol. The number of benzene rings is 3. The fourth-order valence-corrected chi connectivity index (χ4v) is 4.26. The molecular weight excluding hydrogens is 465 g/mol. The largest absolute Gasteiger partial charge is 0.457 e. The number of hydrogen-bond acceptors (Lipinski definition) is 6. The van der Waals surface area contributed by atoms with Gasteiger partial charge in [0, 0.05) is 29.8 Å². The van der Waals surface area contributed by atoms with Gasteiger partial charge in [0.15, 0.2) is 0 Å². The molecular formula is C27H28FN3O5. The highest BCUT2D eigenvalue weighted by Gasteiger charge is 2.36. The number of carbonyl (C=O) groups is 1. The molecule has 3 aromatic carbocycles. The van der Waals surface area contributed by atoms with Gasteiger partial charge in [0.25, 0.3) is 5.69 Å². The summed E-state index contributed by atoms with van der Waals surface area (Å²) < 4.78 is 25.8. The van der Waals surface area contributed by atoms with Gasteiger partial charge in [0.1, 0.15) is 28.6 Å². The summed E-state index contributed by atoms with van der Waals surface area (Å²) in [6, 6.07) is 15.6. The molecule has 0 radical (unpaired) electrons. The van der Waals surface area contributed by atoms with Crippen LogP contribution in [0.15, 0.2) is 60.7 Å². The van der Waals surface area contributed by atoms with Gasteiger partial charge in [0.05, 0.1) is 11.0 Å². The summed E-state index contributed by atoms with van der Waals surface area (Å²) in [7, 11) is 0. The second-order valence-corrected chi connectivity index (χ2v) is 9.64. The molecule has 9 heteroatoms. The highest BCUT2D eigenvalue weighted by molar-refractivity contribution is 5.71. The van der Waals surface area contributed by atoms with Crippen LogP contribution in [0.4, 0.5) is 20.6 Å². The van der Waals surface area contributed by atoms with Crippen LogP contribution < -0.4 is 10.5 Å². The first-order chi connectivity index (χ1) is 17.0. The Kier molecular flexibility index (Phi) is 6.83. The van der Waals surface area contributed by atoms with Crippen LogP contribution in [-0.2, 0) is 4.74 Å². The fraction of sp³-hybridized carbons (Fsp3) is 0.296. The molecule has 188 valence electrons. The lowest BCUT2D eigenvalue weighted by atomic mass is 10.0. The van der Waals surface area contributed by atoms with E-state index in [-0.39, 0.29) is 17.2 Å². The van der Waals surface area contributed by atoms with Crippen molar-refractivity contribution in [2.45, 2.75) is 45.3 Å². The molecule has 0 spiro atoms. The summed E-state index contributed by atoms with van der Waals surface area (Å²) in [6.45, 7) is 5.80. The van der Waals surface area contributed by atoms with Crippen LogP contribution >= 0.6 is 0 Å². The number of ether oxygens (including phenoxy) is 2. The van der Waals surface area contributed by atoms with E-state index in [9.17, 15) is 19.3 Å². The summed E-state index contributed by atoms with van der Waals surface area (Å²) in [5.41, 5.74) is 6.58. The number of amides is 1. The lowest BCUT2D eigenvalue weighted by Gasteiger charge is -2.29. The number of carbonyl (C=O) groups excluding carboxylic acids is 1. The zero-order valence-corrected chi connectivity index (χ0v) is 20.4. The molecule has 36 heavy (non-hydrogen) atoms. The van der Waals surface area contributed by atoms with Crippen LogP contribution in [0.2, 0.25) is 0 Å². The van der Waals surface area contributed by atoms with Crippen LogP contribution in [0.3, 0.4) is 0 Å². The minimum atomic E-state index is -0.684. The molecule has 0 bridgehead atoms. The van der Waals surface area contributed by atoms with Crippen molar-refractivity contribution in [1.29, 1.82) is 0 Å². The predicted molar refractivity (Wildman–Crippen MR) is 134 cm³/mol. The Morgan fingerprint density at radius 2 is 1.83 bits per heavy atom. The minimum absolute atomic E-state index is 0.0523. The third-order valence-corrected chi connectivity index (χ3v) is 5.86. The van der Waals surface area contributed by atoms with E-state index in [2.05, 4.69) is 0 Å². The number of likely N-dealkylation sites (tertiary alicyclic amines) is 1. The number of anilines is 1. The third kappa shape index (κ3) is 5.40. The molecule has 0 saturated carbocycles. The van der Waals surface area contributed by atoms with Crippen molar-refractivity contribution in [1.82, 2.24) is 4.90 Å². The number of nitro groups is 1. The molecule has 3 aromatic rings. The van der Waals surface area contributed by atoms with E-state index in [0.717, 1.165) is 0 Å². The van der Waals surface area contributed by atoms with Crippen molar-refractivity contribution in [3.63, 3.8) is 0 Å².